The molecule has 17 heavy (non-hydrogen) atoms. The van der Waals surface area contributed by atoms with E-state index in [-0.39, 0.29) is 12.6 Å². The summed E-state index contributed by atoms with van der Waals surface area (Å²) >= 11 is 1.73. The summed E-state index contributed by atoms with van der Waals surface area (Å²) in [5.74, 6) is -0.886. The van der Waals surface area contributed by atoms with E-state index in [9.17, 15) is 4.79 Å². The number of nitrogens with one attached hydrogen (secondary N) is 1. The number of rotatable bonds is 6. The lowest BCUT2D eigenvalue weighted by atomic mass is 10.1. The van der Waals surface area contributed by atoms with Gasteiger partial charge in [0.15, 0.2) is 0 Å². The van der Waals surface area contributed by atoms with Gasteiger partial charge in [0.2, 0.25) is 0 Å². The summed E-state index contributed by atoms with van der Waals surface area (Å²) in [5.41, 5.74) is 1.16. The van der Waals surface area contributed by atoms with Crippen LogP contribution < -0.4 is 5.32 Å². The van der Waals surface area contributed by atoms with Gasteiger partial charge >= 0.3 is 5.97 Å². The predicted octanol–water partition coefficient (Wildman–Crippen LogP) is 2.12. The number of aliphatic carboxylic acids is 1. The van der Waals surface area contributed by atoms with Crippen molar-refractivity contribution in [3.05, 3.63) is 21.4 Å². The minimum absolute atomic E-state index is 0.0104. The zero-order chi connectivity index (χ0) is 13.0. The number of aryl methyl sites for hydroxylation is 2. The number of carbonyl (C=O) groups is 1. The van der Waals surface area contributed by atoms with Crippen molar-refractivity contribution in [2.45, 2.75) is 32.9 Å². The molecular weight excluding hydrogens is 238 g/mol. The van der Waals surface area contributed by atoms with E-state index in [4.69, 9.17) is 9.84 Å². The summed E-state index contributed by atoms with van der Waals surface area (Å²) in [6.45, 7) is 6.25. The third-order valence-corrected chi connectivity index (χ3v) is 3.61. The molecule has 4 nitrogen and oxygen atoms in total. The van der Waals surface area contributed by atoms with E-state index < -0.39 is 12.0 Å². The van der Waals surface area contributed by atoms with E-state index in [1.807, 2.05) is 6.92 Å². The second-order valence-electron chi connectivity index (χ2n) is 4.10. The quantitative estimate of drug-likeness (QED) is 0.819. The average molecular weight is 257 g/mol. The van der Waals surface area contributed by atoms with Crippen molar-refractivity contribution in [2.75, 3.05) is 13.7 Å². The first-order valence-corrected chi connectivity index (χ1v) is 6.32. The molecular formula is C12H19NO3S. The predicted molar refractivity (Wildman–Crippen MR) is 68.6 cm³/mol. The summed E-state index contributed by atoms with van der Waals surface area (Å²) in [5, 5.41) is 12.1. The number of thiophene rings is 1. The van der Waals surface area contributed by atoms with E-state index in [2.05, 4.69) is 25.2 Å². The molecule has 2 unspecified atom stereocenters. The number of carboxylic acids is 1. The third-order valence-electron chi connectivity index (χ3n) is 2.63. The van der Waals surface area contributed by atoms with Gasteiger partial charge in [0.05, 0.1) is 6.61 Å². The van der Waals surface area contributed by atoms with Gasteiger partial charge in [-0.15, -0.1) is 11.3 Å². The Morgan fingerprint density at radius 1 is 1.59 bits per heavy atom. The summed E-state index contributed by atoms with van der Waals surface area (Å²) < 4.78 is 4.90. The number of hydrogen-bond donors (Lipinski definition) is 2. The van der Waals surface area contributed by atoms with E-state index in [1.54, 1.807) is 11.3 Å². The molecule has 0 saturated heterocycles. The molecule has 0 saturated carbocycles. The summed E-state index contributed by atoms with van der Waals surface area (Å²) in [6.07, 6.45) is 0. The van der Waals surface area contributed by atoms with Crippen molar-refractivity contribution >= 4 is 17.3 Å². The topological polar surface area (TPSA) is 58.6 Å². The van der Waals surface area contributed by atoms with Crippen molar-refractivity contribution in [1.82, 2.24) is 5.32 Å². The Balaban J connectivity index is 2.73. The van der Waals surface area contributed by atoms with Crippen molar-refractivity contribution < 1.29 is 14.6 Å². The van der Waals surface area contributed by atoms with E-state index in [1.165, 1.54) is 16.9 Å². The smallest absolute Gasteiger partial charge is 0.323 e. The van der Waals surface area contributed by atoms with Crippen LogP contribution in [0.15, 0.2) is 6.07 Å². The first kappa shape index (κ1) is 14.2. The highest BCUT2D eigenvalue weighted by Gasteiger charge is 2.21. The molecule has 0 aromatic carbocycles. The second-order valence-corrected chi connectivity index (χ2v) is 5.56. The Kier molecular flexibility index (Phi) is 5.11. The molecule has 0 amide bonds. The van der Waals surface area contributed by atoms with Crippen LogP contribution in [0.2, 0.25) is 0 Å². The molecule has 1 aromatic rings. The highest BCUT2D eigenvalue weighted by atomic mass is 32.1. The monoisotopic (exact) mass is 257 g/mol. The van der Waals surface area contributed by atoms with Crippen LogP contribution in [0, 0.1) is 13.8 Å². The van der Waals surface area contributed by atoms with Gasteiger partial charge in [-0.2, -0.15) is 0 Å². The molecule has 1 rings (SSSR count). The van der Waals surface area contributed by atoms with Gasteiger partial charge in [-0.3, -0.25) is 10.1 Å². The molecule has 0 aliphatic heterocycles. The van der Waals surface area contributed by atoms with Gasteiger partial charge in [-0.25, -0.2) is 0 Å². The standard InChI is InChI=1S/C12H19NO3S/c1-7-5-10(9(3)17-7)8(2)13-11(6-16-4)12(14)15/h5,8,11,13H,6H2,1-4H3,(H,14,15). The van der Waals surface area contributed by atoms with Crippen LogP contribution in [-0.4, -0.2) is 30.8 Å². The maximum atomic E-state index is 11.0. The first-order valence-electron chi connectivity index (χ1n) is 5.50. The van der Waals surface area contributed by atoms with Gasteiger partial charge in [-0.05, 0) is 32.4 Å². The lowest BCUT2D eigenvalue weighted by molar-refractivity contribution is -0.141. The molecule has 0 spiro atoms. The Morgan fingerprint density at radius 3 is 2.65 bits per heavy atom. The van der Waals surface area contributed by atoms with Crippen molar-refractivity contribution in [2.24, 2.45) is 0 Å². The van der Waals surface area contributed by atoms with Crippen LogP contribution in [0.25, 0.3) is 0 Å². The van der Waals surface area contributed by atoms with Crippen molar-refractivity contribution in [1.29, 1.82) is 0 Å². The molecule has 0 aliphatic carbocycles. The molecule has 5 heteroatoms. The summed E-state index contributed by atoms with van der Waals surface area (Å²) in [6, 6.07) is 1.44. The lowest BCUT2D eigenvalue weighted by Gasteiger charge is -2.19. The van der Waals surface area contributed by atoms with Crippen molar-refractivity contribution in [3.63, 3.8) is 0 Å². The Morgan fingerprint density at radius 2 is 2.24 bits per heavy atom. The van der Waals surface area contributed by atoms with Crippen LogP contribution in [-0.2, 0) is 9.53 Å². The summed E-state index contributed by atoms with van der Waals surface area (Å²) in [7, 11) is 1.50. The van der Waals surface area contributed by atoms with Gasteiger partial charge in [0.25, 0.3) is 0 Å². The van der Waals surface area contributed by atoms with Gasteiger partial charge < -0.3 is 9.84 Å². The molecule has 1 heterocycles. The molecule has 0 bridgehead atoms. The van der Waals surface area contributed by atoms with E-state index in [0.29, 0.717) is 0 Å². The van der Waals surface area contributed by atoms with E-state index >= 15 is 0 Å². The maximum Gasteiger partial charge on any atom is 0.323 e. The minimum atomic E-state index is -0.886. The van der Waals surface area contributed by atoms with Gasteiger partial charge in [0.1, 0.15) is 6.04 Å². The van der Waals surface area contributed by atoms with Crippen molar-refractivity contribution in [3.8, 4) is 0 Å². The molecule has 0 radical (unpaired) electrons. The number of carboxylic acid groups (broad SMARTS) is 1. The molecule has 1 aromatic heterocycles. The molecule has 2 N–H and O–H groups in total. The Labute approximate surface area is 106 Å². The minimum Gasteiger partial charge on any atom is -0.480 e. The Hall–Kier alpha value is -0.910. The van der Waals surface area contributed by atoms with Crippen LogP contribution >= 0.6 is 11.3 Å². The molecule has 2 atom stereocenters. The highest BCUT2D eigenvalue weighted by molar-refractivity contribution is 7.12. The first-order chi connectivity index (χ1) is 7.95. The Bertz CT molecular complexity index is 389. The maximum absolute atomic E-state index is 11.0. The normalized spacial score (nSPS) is 14.6. The fourth-order valence-electron chi connectivity index (χ4n) is 1.83. The molecule has 0 aliphatic rings. The van der Waals surface area contributed by atoms with Gasteiger partial charge in [-0.1, -0.05) is 0 Å². The number of methoxy groups -OCH3 is 1. The largest absolute Gasteiger partial charge is 0.480 e. The van der Waals surface area contributed by atoms with Crippen LogP contribution in [0.3, 0.4) is 0 Å². The zero-order valence-corrected chi connectivity index (χ0v) is 11.4. The second kappa shape index (κ2) is 6.14. The lowest BCUT2D eigenvalue weighted by Crippen LogP contribution is -2.41. The SMILES string of the molecule is COCC(NC(C)c1cc(C)sc1C)C(=O)O. The average Bonchev–Trinajstić information content (AvgIpc) is 2.57. The highest BCUT2D eigenvalue weighted by Crippen LogP contribution is 2.26. The van der Waals surface area contributed by atoms with Gasteiger partial charge in [0, 0.05) is 22.9 Å². The zero-order valence-electron chi connectivity index (χ0n) is 10.6. The third kappa shape index (κ3) is 3.80. The number of ether oxygens (including phenoxy) is 1. The van der Waals surface area contributed by atoms with E-state index in [0.717, 1.165) is 5.56 Å². The van der Waals surface area contributed by atoms with Crippen LogP contribution in [0.1, 0.15) is 28.3 Å². The summed E-state index contributed by atoms with van der Waals surface area (Å²) in [4.78, 5) is 13.5. The molecule has 0 fully saturated rings. The van der Waals surface area contributed by atoms with Crippen LogP contribution in [0.5, 0.6) is 0 Å². The number of hydrogen-bond acceptors (Lipinski definition) is 4. The fraction of sp³-hybridized carbons (Fsp3) is 0.583. The van der Waals surface area contributed by atoms with Crippen LogP contribution in [0.4, 0.5) is 0 Å². The molecule has 96 valence electrons. The fourth-order valence-corrected chi connectivity index (χ4v) is 2.85.